The Kier molecular flexibility index (Phi) is 6.73. The average molecular weight is 531 g/mol. The van der Waals surface area contributed by atoms with E-state index >= 15 is 0 Å². The van der Waals surface area contributed by atoms with Gasteiger partial charge in [0, 0.05) is 43.3 Å². The van der Waals surface area contributed by atoms with Gasteiger partial charge < -0.3 is 14.8 Å². The second kappa shape index (κ2) is 9.96. The first-order chi connectivity index (χ1) is 18.8. The largest absolute Gasteiger partial charge is 0.496 e. The summed E-state index contributed by atoms with van der Waals surface area (Å²) in [5, 5.41) is 3.23. The molecule has 0 aromatic heterocycles. The first-order valence-corrected chi connectivity index (χ1v) is 14.8. The molecule has 6 rings (SSSR count). The summed E-state index contributed by atoms with van der Waals surface area (Å²) >= 11 is 0. The Hall–Kier alpha value is -2.86. The minimum atomic E-state index is -0.685. The molecule has 2 aromatic carbocycles. The molecule has 2 saturated carbocycles. The lowest BCUT2D eigenvalue weighted by molar-refractivity contribution is -0.189. The summed E-state index contributed by atoms with van der Waals surface area (Å²) in [6.45, 7) is 8.27. The van der Waals surface area contributed by atoms with Crippen molar-refractivity contribution in [2.75, 3.05) is 20.2 Å². The van der Waals surface area contributed by atoms with Crippen molar-refractivity contribution in [1.29, 1.82) is 0 Å². The van der Waals surface area contributed by atoms with E-state index in [1.54, 1.807) is 7.11 Å². The molecular formula is C33H42N2O4. The van der Waals surface area contributed by atoms with Gasteiger partial charge in [0.05, 0.1) is 13.2 Å². The van der Waals surface area contributed by atoms with Crippen LogP contribution in [0.4, 0.5) is 0 Å². The predicted octanol–water partition coefficient (Wildman–Crippen LogP) is 4.87. The Morgan fingerprint density at radius 3 is 2.67 bits per heavy atom. The van der Waals surface area contributed by atoms with Gasteiger partial charge in [-0.1, -0.05) is 42.8 Å². The minimum Gasteiger partial charge on any atom is -0.496 e. The summed E-state index contributed by atoms with van der Waals surface area (Å²) in [5.41, 5.74) is 5.03. The summed E-state index contributed by atoms with van der Waals surface area (Å²) in [6, 6.07) is 13.1. The highest BCUT2D eigenvalue weighted by Crippen LogP contribution is 2.63. The third-order valence-corrected chi connectivity index (χ3v) is 10.1. The van der Waals surface area contributed by atoms with Crippen LogP contribution in [0.5, 0.6) is 5.75 Å². The van der Waals surface area contributed by atoms with E-state index in [1.165, 1.54) is 42.0 Å². The van der Waals surface area contributed by atoms with Crippen molar-refractivity contribution in [3.8, 4) is 5.75 Å². The van der Waals surface area contributed by atoms with Crippen LogP contribution in [0.15, 0.2) is 36.4 Å². The fourth-order valence-electron chi connectivity index (χ4n) is 8.05. The zero-order chi connectivity index (χ0) is 27.4. The standard InChI is InChI=1S/C33H42N2O4/c1-5-23-9-11-26(29(15-23)38-4)19-34-31(37)27-17-32-12-13-35(20-24-7-8-24)30(33(32,18-27)39-22(3)36)16-25-10-6-21(2)14-28(25)32/h6,9-11,14-15,24,27,30H,5,7-8,12-13,16-20H2,1-4H3,(H,34,37). The van der Waals surface area contributed by atoms with Crippen molar-refractivity contribution in [1.82, 2.24) is 10.2 Å². The first-order valence-electron chi connectivity index (χ1n) is 14.8. The molecule has 208 valence electrons. The number of nitrogens with one attached hydrogen (secondary N) is 1. The molecule has 39 heavy (non-hydrogen) atoms. The third-order valence-electron chi connectivity index (χ3n) is 10.1. The number of carbonyl (C=O) groups is 2. The highest BCUT2D eigenvalue weighted by molar-refractivity contribution is 5.80. The van der Waals surface area contributed by atoms with E-state index in [0.29, 0.717) is 19.4 Å². The van der Waals surface area contributed by atoms with Crippen LogP contribution in [0, 0.1) is 18.8 Å². The molecule has 4 atom stereocenters. The van der Waals surface area contributed by atoms with Crippen molar-refractivity contribution >= 4 is 11.9 Å². The molecule has 2 bridgehead atoms. The maximum absolute atomic E-state index is 13.8. The molecular weight excluding hydrogens is 488 g/mol. The van der Waals surface area contributed by atoms with Crippen LogP contribution in [0.1, 0.15) is 73.8 Å². The number of esters is 1. The van der Waals surface area contributed by atoms with Crippen LogP contribution in [-0.2, 0) is 39.1 Å². The zero-order valence-electron chi connectivity index (χ0n) is 23.8. The number of hydrogen-bond donors (Lipinski definition) is 1. The molecule has 2 aromatic rings. The number of rotatable bonds is 8. The number of piperidine rings is 1. The lowest BCUT2D eigenvalue weighted by atomic mass is 9.55. The Bertz CT molecular complexity index is 1290. The van der Waals surface area contributed by atoms with Crippen LogP contribution >= 0.6 is 0 Å². The smallest absolute Gasteiger partial charge is 0.303 e. The molecule has 1 amide bonds. The van der Waals surface area contributed by atoms with E-state index in [9.17, 15) is 9.59 Å². The second-order valence-corrected chi connectivity index (χ2v) is 12.5. The normalized spacial score (nSPS) is 29.3. The highest BCUT2D eigenvalue weighted by Gasteiger charge is 2.70. The summed E-state index contributed by atoms with van der Waals surface area (Å²) in [5.74, 6) is 1.14. The summed E-state index contributed by atoms with van der Waals surface area (Å²) in [6.07, 6.45) is 6.58. The molecule has 1 heterocycles. The fraction of sp³-hybridized carbons (Fsp3) is 0.576. The van der Waals surface area contributed by atoms with Crippen molar-refractivity contribution in [3.05, 3.63) is 64.2 Å². The van der Waals surface area contributed by atoms with E-state index in [2.05, 4.69) is 54.4 Å². The first kappa shape index (κ1) is 26.4. The Balaban J connectivity index is 1.33. The number of benzene rings is 2. The molecule has 4 aliphatic rings. The molecule has 3 aliphatic carbocycles. The Morgan fingerprint density at radius 2 is 1.95 bits per heavy atom. The summed E-state index contributed by atoms with van der Waals surface area (Å²) in [7, 11) is 1.68. The van der Waals surface area contributed by atoms with E-state index in [0.717, 1.165) is 49.6 Å². The van der Waals surface area contributed by atoms with Crippen LogP contribution in [-0.4, -0.2) is 48.6 Å². The molecule has 1 aliphatic heterocycles. The van der Waals surface area contributed by atoms with Gasteiger partial charge in [0.1, 0.15) is 11.4 Å². The number of hydrogen-bond acceptors (Lipinski definition) is 5. The average Bonchev–Trinajstić information content (AvgIpc) is 3.66. The molecule has 0 radical (unpaired) electrons. The topological polar surface area (TPSA) is 67.9 Å². The number of nitrogens with zero attached hydrogens (tertiary/aromatic N) is 1. The van der Waals surface area contributed by atoms with E-state index in [1.807, 2.05) is 6.07 Å². The third kappa shape index (κ3) is 4.45. The minimum absolute atomic E-state index is 0.0421. The van der Waals surface area contributed by atoms with Gasteiger partial charge in [0.2, 0.25) is 5.91 Å². The highest BCUT2D eigenvalue weighted by atomic mass is 16.6. The van der Waals surface area contributed by atoms with E-state index in [-0.39, 0.29) is 29.3 Å². The van der Waals surface area contributed by atoms with Crippen molar-refractivity contribution in [3.63, 3.8) is 0 Å². The monoisotopic (exact) mass is 530 g/mol. The molecule has 1 N–H and O–H groups in total. The van der Waals surface area contributed by atoms with Gasteiger partial charge in [0.25, 0.3) is 0 Å². The van der Waals surface area contributed by atoms with Gasteiger partial charge >= 0.3 is 5.97 Å². The summed E-state index contributed by atoms with van der Waals surface area (Å²) in [4.78, 5) is 29.2. The second-order valence-electron chi connectivity index (χ2n) is 12.5. The van der Waals surface area contributed by atoms with Gasteiger partial charge in [-0.15, -0.1) is 0 Å². The van der Waals surface area contributed by atoms with Gasteiger partial charge in [-0.2, -0.15) is 0 Å². The number of carbonyl (C=O) groups excluding carboxylic acids is 2. The SMILES string of the molecule is CCc1ccc(CNC(=O)C2CC34CCN(CC5CC5)C(Cc5ccc(C)cc53)C4(OC(C)=O)C2)c(OC)c1. The van der Waals surface area contributed by atoms with Crippen LogP contribution in [0.2, 0.25) is 0 Å². The Labute approximate surface area is 232 Å². The number of ether oxygens (including phenoxy) is 2. The quantitative estimate of drug-likeness (QED) is 0.493. The number of likely N-dealkylation sites (tertiary alicyclic amines) is 1. The maximum Gasteiger partial charge on any atom is 0.303 e. The fourth-order valence-corrected chi connectivity index (χ4v) is 8.05. The molecule has 6 nitrogen and oxygen atoms in total. The Morgan fingerprint density at radius 1 is 1.13 bits per heavy atom. The number of aryl methyl sites for hydroxylation is 2. The van der Waals surface area contributed by atoms with Gasteiger partial charge in [-0.05, 0) is 80.7 Å². The lowest BCUT2D eigenvalue weighted by Gasteiger charge is -2.60. The number of amides is 1. The maximum atomic E-state index is 13.8. The van der Waals surface area contributed by atoms with Crippen molar-refractivity contribution < 1.29 is 19.1 Å². The zero-order valence-corrected chi connectivity index (χ0v) is 23.8. The molecule has 4 unspecified atom stereocenters. The van der Waals surface area contributed by atoms with Gasteiger partial charge in [-0.3, -0.25) is 14.5 Å². The van der Waals surface area contributed by atoms with E-state index < -0.39 is 5.60 Å². The van der Waals surface area contributed by atoms with Crippen molar-refractivity contribution in [2.45, 2.75) is 89.3 Å². The predicted molar refractivity (Wildman–Crippen MR) is 151 cm³/mol. The molecule has 1 saturated heterocycles. The van der Waals surface area contributed by atoms with Crippen LogP contribution in [0.25, 0.3) is 0 Å². The molecule has 6 heteroatoms. The summed E-state index contributed by atoms with van der Waals surface area (Å²) < 4.78 is 12.1. The van der Waals surface area contributed by atoms with Crippen LogP contribution in [0.3, 0.4) is 0 Å². The van der Waals surface area contributed by atoms with E-state index in [4.69, 9.17) is 9.47 Å². The van der Waals surface area contributed by atoms with Crippen LogP contribution < -0.4 is 10.1 Å². The lowest BCUT2D eigenvalue weighted by Crippen LogP contribution is -2.70. The molecule has 3 fully saturated rings. The van der Waals surface area contributed by atoms with Crippen molar-refractivity contribution in [2.24, 2.45) is 11.8 Å². The van der Waals surface area contributed by atoms with Gasteiger partial charge in [-0.25, -0.2) is 0 Å². The number of methoxy groups -OCH3 is 1. The van der Waals surface area contributed by atoms with Gasteiger partial charge in [0.15, 0.2) is 0 Å². The molecule has 0 spiro atoms. The number of fused-ring (bicyclic) bond motifs is 1.